The fraction of sp³-hybridized carbons (Fsp3) is 0.350. The van der Waals surface area contributed by atoms with E-state index >= 15 is 0 Å². The van der Waals surface area contributed by atoms with Crippen LogP contribution in [0.1, 0.15) is 40.0 Å². The Morgan fingerprint density at radius 3 is 2.69 bits per heavy atom. The number of amides is 1. The van der Waals surface area contributed by atoms with Crippen molar-refractivity contribution in [1.82, 2.24) is 9.88 Å². The summed E-state index contributed by atoms with van der Waals surface area (Å²) in [4.78, 5) is 18.1. The van der Waals surface area contributed by atoms with Crippen LogP contribution >= 0.6 is 0 Å². The number of piperidine rings is 1. The molecule has 0 unspecified atom stereocenters. The minimum atomic E-state index is -0.638. The van der Waals surface area contributed by atoms with Gasteiger partial charge in [0.05, 0.1) is 17.3 Å². The predicted octanol–water partition coefficient (Wildman–Crippen LogP) is 2.25. The van der Waals surface area contributed by atoms with Crippen molar-refractivity contribution in [2.24, 2.45) is 5.73 Å². The maximum atomic E-state index is 11.5. The molecule has 0 bridgehead atoms. The molecule has 3 rings (SSSR count). The summed E-state index contributed by atoms with van der Waals surface area (Å²) in [5.41, 5.74) is 7.63. The van der Waals surface area contributed by atoms with Gasteiger partial charge in [-0.05, 0) is 55.2 Å². The molecule has 3 N–H and O–H groups in total. The Bertz CT molecular complexity index is 850. The zero-order chi connectivity index (χ0) is 18.7. The van der Waals surface area contributed by atoms with E-state index in [9.17, 15) is 15.2 Å². The van der Waals surface area contributed by atoms with Gasteiger partial charge in [0, 0.05) is 25.8 Å². The van der Waals surface area contributed by atoms with Crippen molar-refractivity contribution in [2.45, 2.75) is 31.7 Å². The van der Waals surface area contributed by atoms with E-state index in [0.29, 0.717) is 19.4 Å². The van der Waals surface area contributed by atoms with E-state index in [4.69, 9.17) is 5.73 Å². The van der Waals surface area contributed by atoms with Crippen molar-refractivity contribution in [3.05, 3.63) is 58.9 Å². The first kappa shape index (κ1) is 17.9. The summed E-state index contributed by atoms with van der Waals surface area (Å²) in [5.74, 6) is -0.725. The molecule has 1 fully saturated rings. The number of benzene rings is 1. The lowest BCUT2D eigenvalue weighted by atomic mass is 9.76. The maximum absolute atomic E-state index is 11.5. The Labute approximate surface area is 152 Å². The molecule has 2 aromatic rings. The highest BCUT2D eigenvalue weighted by atomic mass is 16.3. The van der Waals surface area contributed by atoms with Crippen molar-refractivity contribution in [3.63, 3.8) is 0 Å². The first-order valence-corrected chi connectivity index (χ1v) is 8.62. The molecule has 2 heterocycles. The predicted molar refractivity (Wildman–Crippen MR) is 97.4 cm³/mol. The summed E-state index contributed by atoms with van der Waals surface area (Å²) < 4.78 is 0. The smallest absolute Gasteiger partial charge is 0.252 e. The lowest BCUT2D eigenvalue weighted by Crippen LogP contribution is -2.42. The van der Waals surface area contributed by atoms with E-state index in [1.807, 2.05) is 25.1 Å². The van der Waals surface area contributed by atoms with Gasteiger partial charge in [-0.15, -0.1) is 0 Å². The van der Waals surface area contributed by atoms with Crippen molar-refractivity contribution in [2.75, 3.05) is 13.1 Å². The SMILES string of the molecule is Cc1cc(O)c(C(N)=O)cc1CN1CCC(C#N)(c2ccccn2)CC1. The average Bonchev–Trinajstić information content (AvgIpc) is 2.65. The molecule has 26 heavy (non-hydrogen) atoms. The molecule has 0 radical (unpaired) electrons. The Morgan fingerprint density at radius 2 is 2.12 bits per heavy atom. The molecule has 6 heteroatoms. The minimum absolute atomic E-state index is 0.0870. The number of primary amides is 1. The van der Waals surface area contributed by atoms with Crippen molar-refractivity contribution in [1.29, 1.82) is 5.26 Å². The second-order valence-corrected chi connectivity index (χ2v) is 6.85. The molecule has 1 aromatic heterocycles. The fourth-order valence-corrected chi connectivity index (χ4v) is 3.51. The number of aryl methyl sites for hydroxylation is 1. The molecule has 0 aliphatic carbocycles. The van der Waals surface area contributed by atoms with Gasteiger partial charge in [0.2, 0.25) is 0 Å². The number of pyridine rings is 1. The summed E-state index contributed by atoms with van der Waals surface area (Å²) in [6, 6.07) is 11.4. The average molecular weight is 350 g/mol. The van der Waals surface area contributed by atoms with E-state index in [0.717, 1.165) is 29.9 Å². The molecule has 134 valence electrons. The first-order valence-electron chi connectivity index (χ1n) is 8.62. The maximum Gasteiger partial charge on any atom is 0.252 e. The molecule has 1 aromatic carbocycles. The number of nitrogens with two attached hydrogens (primary N) is 1. The highest BCUT2D eigenvalue weighted by Crippen LogP contribution is 2.34. The summed E-state index contributed by atoms with van der Waals surface area (Å²) >= 11 is 0. The van der Waals surface area contributed by atoms with E-state index in [1.165, 1.54) is 0 Å². The number of hydrogen-bond acceptors (Lipinski definition) is 5. The zero-order valence-corrected chi connectivity index (χ0v) is 14.8. The monoisotopic (exact) mass is 350 g/mol. The highest BCUT2D eigenvalue weighted by molar-refractivity contribution is 5.95. The van der Waals surface area contributed by atoms with Crippen LogP contribution in [-0.2, 0) is 12.0 Å². The number of aromatic nitrogens is 1. The third-order valence-electron chi connectivity index (χ3n) is 5.19. The van der Waals surface area contributed by atoms with Gasteiger partial charge in [0.15, 0.2) is 0 Å². The first-order chi connectivity index (χ1) is 12.4. The number of phenols is 1. The topological polar surface area (TPSA) is 103 Å². The normalized spacial score (nSPS) is 16.8. The van der Waals surface area contributed by atoms with Gasteiger partial charge in [0.1, 0.15) is 11.2 Å². The lowest BCUT2D eigenvalue weighted by Gasteiger charge is -2.37. The van der Waals surface area contributed by atoms with Crippen LogP contribution in [0, 0.1) is 18.3 Å². The standard InChI is InChI=1S/C20H22N4O2/c1-14-10-17(25)16(19(22)26)11-15(14)12-24-8-5-20(13-21,6-9-24)18-4-2-3-7-23-18/h2-4,7,10-11,25H,5-6,8-9,12H2,1H3,(H2,22,26). The summed E-state index contributed by atoms with van der Waals surface area (Å²) in [6.45, 7) is 4.07. The number of nitriles is 1. The van der Waals surface area contributed by atoms with E-state index in [1.54, 1.807) is 18.3 Å². The van der Waals surface area contributed by atoms with Crippen LogP contribution in [-0.4, -0.2) is 34.0 Å². The summed E-state index contributed by atoms with van der Waals surface area (Å²) in [7, 11) is 0. The van der Waals surface area contributed by atoms with Crippen molar-refractivity contribution in [3.8, 4) is 11.8 Å². The summed E-state index contributed by atoms with van der Waals surface area (Å²) in [6.07, 6.45) is 3.15. The van der Waals surface area contributed by atoms with Gasteiger partial charge >= 0.3 is 0 Å². The van der Waals surface area contributed by atoms with E-state index < -0.39 is 11.3 Å². The van der Waals surface area contributed by atoms with Crippen LogP contribution < -0.4 is 5.73 Å². The molecule has 1 aliphatic rings. The van der Waals surface area contributed by atoms with Crippen molar-refractivity contribution < 1.29 is 9.90 Å². The van der Waals surface area contributed by atoms with Gasteiger partial charge in [-0.1, -0.05) is 6.07 Å². The second-order valence-electron chi connectivity index (χ2n) is 6.85. The third-order valence-corrected chi connectivity index (χ3v) is 5.19. The number of carbonyl (C=O) groups is 1. The fourth-order valence-electron chi connectivity index (χ4n) is 3.51. The number of hydrogen-bond donors (Lipinski definition) is 2. The van der Waals surface area contributed by atoms with Crippen LogP contribution in [0.4, 0.5) is 0 Å². The number of likely N-dealkylation sites (tertiary alicyclic amines) is 1. The van der Waals surface area contributed by atoms with E-state index in [-0.39, 0.29) is 11.3 Å². The van der Waals surface area contributed by atoms with E-state index in [2.05, 4.69) is 16.0 Å². The molecular formula is C20H22N4O2. The number of nitrogens with zero attached hydrogens (tertiary/aromatic N) is 3. The molecule has 0 spiro atoms. The van der Waals surface area contributed by atoms with Crippen LogP contribution in [0.3, 0.4) is 0 Å². The molecule has 0 atom stereocenters. The van der Waals surface area contributed by atoms with Crippen molar-refractivity contribution >= 4 is 5.91 Å². The van der Waals surface area contributed by atoms with Gasteiger partial charge in [-0.25, -0.2) is 0 Å². The number of aromatic hydroxyl groups is 1. The minimum Gasteiger partial charge on any atom is -0.507 e. The Balaban J connectivity index is 1.74. The molecule has 1 saturated heterocycles. The lowest BCUT2D eigenvalue weighted by molar-refractivity contribution is 0.0997. The van der Waals surface area contributed by atoms with Gasteiger partial charge < -0.3 is 10.8 Å². The zero-order valence-electron chi connectivity index (χ0n) is 14.8. The summed E-state index contributed by atoms with van der Waals surface area (Å²) in [5, 5.41) is 19.6. The third kappa shape index (κ3) is 3.39. The molecule has 0 saturated carbocycles. The van der Waals surface area contributed by atoms with Crippen LogP contribution in [0.25, 0.3) is 0 Å². The number of carbonyl (C=O) groups excluding carboxylic acids is 1. The quantitative estimate of drug-likeness (QED) is 0.880. The largest absolute Gasteiger partial charge is 0.507 e. The molecule has 1 aliphatic heterocycles. The Hall–Kier alpha value is -2.91. The second kappa shape index (κ2) is 7.14. The van der Waals surface area contributed by atoms with Crippen LogP contribution in [0.5, 0.6) is 5.75 Å². The van der Waals surface area contributed by atoms with Gasteiger partial charge in [-0.3, -0.25) is 14.7 Å². The Morgan fingerprint density at radius 1 is 1.38 bits per heavy atom. The number of rotatable bonds is 4. The molecular weight excluding hydrogens is 328 g/mol. The van der Waals surface area contributed by atoms with Gasteiger partial charge in [0.25, 0.3) is 5.91 Å². The highest BCUT2D eigenvalue weighted by Gasteiger charge is 2.37. The van der Waals surface area contributed by atoms with Crippen LogP contribution in [0.2, 0.25) is 0 Å². The van der Waals surface area contributed by atoms with Gasteiger partial charge in [-0.2, -0.15) is 5.26 Å². The Kier molecular flexibility index (Phi) is 4.92. The van der Waals surface area contributed by atoms with Crippen LogP contribution in [0.15, 0.2) is 36.5 Å². The molecule has 1 amide bonds. The molecule has 6 nitrogen and oxygen atoms in total.